The second-order valence-electron chi connectivity index (χ2n) is 4.92. The summed E-state index contributed by atoms with van der Waals surface area (Å²) in [6, 6.07) is 14.2. The third-order valence-electron chi connectivity index (χ3n) is 3.24. The molecule has 0 aromatic heterocycles. The van der Waals surface area contributed by atoms with Crippen molar-refractivity contribution < 1.29 is 9.59 Å². The maximum absolute atomic E-state index is 12.0. The quantitative estimate of drug-likeness (QED) is 0.683. The van der Waals surface area contributed by atoms with Gasteiger partial charge in [-0.1, -0.05) is 31.2 Å². The van der Waals surface area contributed by atoms with Gasteiger partial charge in [-0.05, 0) is 36.2 Å². The molecular formula is C17H20N4O2. The summed E-state index contributed by atoms with van der Waals surface area (Å²) in [5.41, 5.74) is 8.24. The standard InChI is InChI=1S/C17H20N4O2/c1-2-12-8-9-14(10-15(12)21-16(22)11-18)20-17(23)19-13-6-4-3-5-7-13/h3-10H,2,11,18H2,1H3,(H,21,22)(H2,19,20,23). The Bertz CT molecular complexity index is 686. The molecule has 0 heterocycles. The van der Waals surface area contributed by atoms with Crippen molar-refractivity contribution in [1.82, 2.24) is 0 Å². The van der Waals surface area contributed by atoms with Crippen LogP contribution in [0.1, 0.15) is 12.5 Å². The molecule has 6 heteroatoms. The normalized spacial score (nSPS) is 10.0. The molecule has 0 spiro atoms. The lowest BCUT2D eigenvalue weighted by Crippen LogP contribution is -2.23. The van der Waals surface area contributed by atoms with Crippen LogP contribution >= 0.6 is 0 Å². The average Bonchev–Trinajstić information content (AvgIpc) is 2.56. The average molecular weight is 312 g/mol. The molecule has 2 aromatic carbocycles. The van der Waals surface area contributed by atoms with Crippen LogP contribution in [-0.4, -0.2) is 18.5 Å². The summed E-state index contributed by atoms with van der Waals surface area (Å²) in [6.45, 7) is 1.90. The van der Waals surface area contributed by atoms with Gasteiger partial charge in [0.25, 0.3) is 0 Å². The van der Waals surface area contributed by atoms with E-state index >= 15 is 0 Å². The zero-order valence-corrected chi connectivity index (χ0v) is 12.9. The summed E-state index contributed by atoms with van der Waals surface area (Å²) >= 11 is 0. The number of benzene rings is 2. The largest absolute Gasteiger partial charge is 0.325 e. The summed E-state index contributed by atoms with van der Waals surface area (Å²) < 4.78 is 0. The Kier molecular flexibility index (Phi) is 5.71. The minimum Gasteiger partial charge on any atom is -0.325 e. The molecule has 2 aromatic rings. The van der Waals surface area contributed by atoms with Crippen LogP contribution in [-0.2, 0) is 11.2 Å². The number of hydrogen-bond donors (Lipinski definition) is 4. The van der Waals surface area contributed by atoms with Crippen LogP contribution in [0.25, 0.3) is 0 Å². The maximum Gasteiger partial charge on any atom is 0.323 e. The third-order valence-corrected chi connectivity index (χ3v) is 3.24. The minimum absolute atomic E-state index is 0.0880. The van der Waals surface area contributed by atoms with Gasteiger partial charge in [0.1, 0.15) is 0 Å². The highest BCUT2D eigenvalue weighted by molar-refractivity contribution is 6.00. The number of para-hydroxylation sites is 1. The van der Waals surface area contributed by atoms with Crippen molar-refractivity contribution in [2.45, 2.75) is 13.3 Å². The van der Waals surface area contributed by atoms with E-state index in [1.165, 1.54) is 0 Å². The topological polar surface area (TPSA) is 96.2 Å². The van der Waals surface area contributed by atoms with Crippen LogP contribution in [0.15, 0.2) is 48.5 Å². The molecule has 23 heavy (non-hydrogen) atoms. The third kappa shape index (κ3) is 4.82. The monoisotopic (exact) mass is 312 g/mol. The van der Waals surface area contributed by atoms with Crippen molar-refractivity contribution >= 4 is 29.0 Å². The lowest BCUT2D eigenvalue weighted by Gasteiger charge is -2.13. The number of carbonyl (C=O) groups is 2. The highest BCUT2D eigenvalue weighted by Gasteiger charge is 2.08. The molecule has 0 unspecified atom stereocenters. The number of amides is 3. The first kappa shape index (κ1) is 16.5. The van der Waals surface area contributed by atoms with Crippen molar-refractivity contribution in [3.8, 4) is 0 Å². The number of aryl methyl sites for hydroxylation is 1. The molecule has 0 bridgehead atoms. The van der Waals surface area contributed by atoms with Gasteiger partial charge < -0.3 is 21.7 Å². The van der Waals surface area contributed by atoms with Crippen LogP contribution in [0.2, 0.25) is 0 Å². The molecule has 120 valence electrons. The second kappa shape index (κ2) is 7.95. The van der Waals surface area contributed by atoms with E-state index < -0.39 is 0 Å². The van der Waals surface area contributed by atoms with Crippen LogP contribution in [0.4, 0.5) is 21.9 Å². The van der Waals surface area contributed by atoms with E-state index in [2.05, 4.69) is 16.0 Å². The van der Waals surface area contributed by atoms with Gasteiger partial charge in [-0.15, -0.1) is 0 Å². The van der Waals surface area contributed by atoms with E-state index in [1.807, 2.05) is 31.2 Å². The van der Waals surface area contributed by atoms with Gasteiger partial charge in [-0.25, -0.2) is 4.79 Å². The van der Waals surface area contributed by atoms with Crippen molar-refractivity contribution in [3.05, 3.63) is 54.1 Å². The fourth-order valence-electron chi connectivity index (χ4n) is 2.10. The first-order valence-corrected chi connectivity index (χ1v) is 7.38. The summed E-state index contributed by atoms with van der Waals surface area (Å²) in [5, 5.41) is 8.21. The molecule has 2 rings (SSSR count). The van der Waals surface area contributed by atoms with Gasteiger partial charge in [-0.3, -0.25) is 4.79 Å². The van der Waals surface area contributed by atoms with Gasteiger partial charge in [0.15, 0.2) is 0 Å². The molecule has 0 saturated carbocycles. The fraction of sp³-hybridized carbons (Fsp3) is 0.176. The number of rotatable bonds is 5. The molecule has 0 fully saturated rings. The lowest BCUT2D eigenvalue weighted by atomic mass is 10.1. The summed E-state index contributed by atoms with van der Waals surface area (Å²) in [5.74, 6) is -0.273. The van der Waals surface area contributed by atoms with E-state index in [9.17, 15) is 9.59 Å². The van der Waals surface area contributed by atoms with Crippen molar-refractivity contribution in [1.29, 1.82) is 0 Å². The Hall–Kier alpha value is -2.86. The highest BCUT2D eigenvalue weighted by atomic mass is 16.2. The Morgan fingerprint density at radius 1 is 0.957 bits per heavy atom. The zero-order valence-electron chi connectivity index (χ0n) is 12.9. The Labute approximate surface area is 135 Å². The number of nitrogens with one attached hydrogen (secondary N) is 3. The van der Waals surface area contributed by atoms with E-state index in [0.29, 0.717) is 17.1 Å². The molecule has 0 aliphatic carbocycles. The van der Waals surface area contributed by atoms with Gasteiger partial charge in [0, 0.05) is 17.1 Å². The van der Waals surface area contributed by atoms with Crippen LogP contribution in [0, 0.1) is 0 Å². The summed E-state index contributed by atoms with van der Waals surface area (Å²) in [6.07, 6.45) is 0.761. The molecular weight excluding hydrogens is 292 g/mol. The van der Waals surface area contributed by atoms with Crippen LogP contribution in [0.5, 0.6) is 0 Å². The number of anilines is 3. The van der Waals surface area contributed by atoms with Crippen LogP contribution < -0.4 is 21.7 Å². The Balaban J connectivity index is 2.08. The lowest BCUT2D eigenvalue weighted by molar-refractivity contribution is -0.114. The van der Waals surface area contributed by atoms with Gasteiger partial charge in [0.05, 0.1) is 6.54 Å². The predicted octanol–water partition coefficient (Wildman–Crippen LogP) is 2.79. The maximum atomic E-state index is 12.0. The van der Waals surface area contributed by atoms with Gasteiger partial charge >= 0.3 is 6.03 Å². The first-order valence-electron chi connectivity index (χ1n) is 7.38. The number of nitrogens with two attached hydrogens (primary N) is 1. The van der Waals surface area contributed by atoms with E-state index in [0.717, 1.165) is 12.0 Å². The number of urea groups is 1. The van der Waals surface area contributed by atoms with E-state index in [-0.39, 0.29) is 18.5 Å². The Morgan fingerprint density at radius 2 is 1.65 bits per heavy atom. The van der Waals surface area contributed by atoms with Crippen molar-refractivity contribution in [2.75, 3.05) is 22.5 Å². The summed E-state index contributed by atoms with van der Waals surface area (Å²) in [4.78, 5) is 23.5. The number of hydrogen-bond acceptors (Lipinski definition) is 3. The first-order chi connectivity index (χ1) is 11.1. The van der Waals surface area contributed by atoms with E-state index in [4.69, 9.17) is 5.73 Å². The van der Waals surface area contributed by atoms with E-state index in [1.54, 1.807) is 24.3 Å². The molecule has 0 atom stereocenters. The van der Waals surface area contributed by atoms with Gasteiger partial charge in [0.2, 0.25) is 5.91 Å². The fourth-order valence-corrected chi connectivity index (χ4v) is 2.10. The predicted molar refractivity (Wildman–Crippen MR) is 92.6 cm³/mol. The van der Waals surface area contributed by atoms with Crippen molar-refractivity contribution in [2.24, 2.45) is 5.73 Å². The Morgan fingerprint density at radius 3 is 2.30 bits per heavy atom. The molecule has 3 amide bonds. The molecule has 0 aliphatic rings. The second-order valence-corrected chi connectivity index (χ2v) is 4.92. The SMILES string of the molecule is CCc1ccc(NC(=O)Nc2ccccc2)cc1NC(=O)CN. The summed E-state index contributed by atoms with van der Waals surface area (Å²) in [7, 11) is 0. The molecule has 5 N–H and O–H groups in total. The molecule has 0 saturated heterocycles. The molecule has 6 nitrogen and oxygen atoms in total. The minimum atomic E-state index is -0.350. The molecule has 0 aliphatic heterocycles. The molecule has 0 radical (unpaired) electrons. The van der Waals surface area contributed by atoms with Crippen LogP contribution in [0.3, 0.4) is 0 Å². The number of carbonyl (C=O) groups excluding carboxylic acids is 2. The zero-order chi connectivity index (χ0) is 16.7. The van der Waals surface area contributed by atoms with Crippen molar-refractivity contribution in [3.63, 3.8) is 0 Å². The smallest absolute Gasteiger partial charge is 0.323 e. The van der Waals surface area contributed by atoms with Gasteiger partial charge in [-0.2, -0.15) is 0 Å². The highest BCUT2D eigenvalue weighted by Crippen LogP contribution is 2.22.